The third-order valence-electron chi connectivity index (χ3n) is 11.9. The highest BCUT2D eigenvalue weighted by Crippen LogP contribution is 2.42. The highest BCUT2D eigenvalue weighted by molar-refractivity contribution is 7.26. The van der Waals surface area contributed by atoms with Crippen LogP contribution in [0.15, 0.2) is 199 Å². The number of benzene rings is 8. The molecule has 8 aromatic carbocycles. The number of hydrogen-bond acceptors (Lipinski definition) is 7. The van der Waals surface area contributed by atoms with Crippen LogP contribution in [0, 0.1) is 0 Å². The molecule has 0 radical (unpaired) electrons. The van der Waals surface area contributed by atoms with Crippen molar-refractivity contribution >= 4 is 75.4 Å². The molecule has 8 heteroatoms. The van der Waals surface area contributed by atoms with Gasteiger partial charge in [-0.2, -0.15) is 0 Å². The molecule has 0 atom stereocenters. The minimum absolute atomic E-state index is 0.617. The number of hydrogen-bond donors (Lipinski definition) is 0. The lowest BCUT2D eigenvalue weighted by Crippen LogP contribution is -2.00. The molecule has 0 aliphatic carbocycles. The summed E-state index contributed by atoms with van der Waals surface area (Å²) in [4.78, 5) is 25.9. The van der Waals surface area contributed by atoms with Gasteiger partial charge in [0, 0.05) is 69.8 Å². The third-order valence-corrected chi connectivity index (χ3v) is 13.1. The van der Waals surface area contributed by atoms with E-state index in [2.05, 4.69) is 144 Å². The van der Waals surface area contributed by atoms with Crippen LogP contribution in [-0.2, 0) is 0 Å². The first-order chi connectivity index (χ1) is 31.2. The Morgan fingerprint density at radius 1 is 0.397 bits per heavy atom. The number of furan rings is 1. The largest absolute Gasteiger partial charge is 0.452 e. The number of rotatable bonds is 6. The van der Waals surface area contributed by atoms with Crippen LogP contribution in [0.1, 0.15) is 0 Å². The van der Waals surface area contributed by atoms with Crippen LogP contribution >= 0.6 is 11.3 Å². The van der Waals surface area contributed by atoms with Crippen LogP contribution in [-0.4, -0.2) is 29.5 Å². The first kappa shape index (κ1) is 35.4. The number of aromatic nitrogens is 6. The quantitative estimate of drug-likeness (QED) is 0.166. The molecular formula is C55H32N6OS. The molecule has 0 aliphatic heterocycles. The summed E-state index contributed by atoms with van der Waals surface area (Å²) >= 11 is 1.73. The molecular weight excluding hydrogens is 793 g/mol. The minimum atomic E-state index is 0.617. The summed E-state index contributed by atoms with van der Waals surface area (Å²) < 4.78 is 10.9. The van der Waals surface area contributed by atoms with Crippen molar-refractivity contribution in [3.05, 3.63) is 194 Å². The highest BCUT2D eigenvalue weighted by atomic mass is 32.1. The van der Waals surface area contributed by atoms with E-state index in [4.69, 9.17) is 29.3 Å². The summed E-state index contributed by atoms with van der Waals surface area (Å²) in [6.07, 6.45) is 0. The Labute approximate surface area is 364 Å². The maximum atomic E-state index is 6.38. The van der Waals surface area contributed by atoms with Crippen LogP contribution in [0.25, 0.3) is 127 Å². The van der Waals surface area contributed by atoms with E-state index in [0.717, 1.165) is 92.3 Å². The van der Waals surface area contributed by atoms with Gasteiger partial charge in [-0.3, -0.25) is 0 Å². The Bertz CT molecular complexity index is 3910. The Morgan fingerprint density at radius 3 is 1.84 bits per heavy atom. The van der Waals surface area contributed by atoms with Crippen molar-refractivity contribution in [2.24, 2.45) is 0 Å². The molecule has 0 N–H and O–H groups in total. The lowest BCUT2D eigenvalue weighted by molar-refractivity contribution is 0.667. The first-order valence-corrected chi connectivity index (χ1v) is 21.6. The lowest BCUT2D eigenvalue weighted by Gasteiger charge is -2.10. The first-order valence-electron chi connectivity index (χ1n) is 20.8. The second kappa shape index (κ2) is 14.1. The van der Waals surface area contributed by atoms with E-state index in [1.165, 1.54) is 5.39 Å². The maximum Gasteiger partial charge on any atom is 0.180 e. The normalized spacial score (nSPS) is 11.8. The molecule has 13 rings (SSSR count). The summed E-state index contributed by atoms with van der Waals surface area (Å²) in [5.74, 6) is 2.50. The third kappa shape index (κ3) is 5.76. The van der Waals surface area contributed by atoms with Gasteiger partial charge in [0.25, 0.3) is 0 Å². The summed E-state index contributed by atoms with van der Waals surface area (Å²) in [5.41, 5.74) is 11.1. The standard InChI is InChI=1S/C55H32N6OS/c1-4-15-33(16-5-1)48-50-49(41-22-11-13-26-46(41)62-50)57-53(56-48)36-27-29-39-40-23-14-24-42(51(40)63-47(39)32-36)55-59-52(34-17-6-2-7-18-34)58-54(60-55)35-28-30-45-43(31-35)38-21-10-12-25-44(38)61(45)37-19-8-3-9-20-37/h1-32H. The minimum Gasteiger partial charge on any atom is -0.452 e. The molecule has 5 aromatic heterocycles. The van der Waals surface area contributed by atoms with Gasteiger partial charge in [-0.15, -0.1) is 11.3 Å². The van der Waals surface area contributed by atoms with Gasteiger partial charge < -0.3 is 8.98 Å². The van der Waals surface area contributed by atoms with Crippen molar-refractivity contribution in [1.82, 2.24) is 29.5 Å². The molecule has 294 valence electrons. The second-order valence-corrected chi connectivity index (χ2v) is 16.7. The van der Waals surface area contributed by atoms with Crippen molar-refractivity contribution in [3.63, 3.8) is 0 Å². The fourth-order valence-electron chi connectivity index (χ4n) is 8.93. The Kier molecular flexibility index (Phi) is 7.94. The lowest BCUT2D eigenvalue weighted by atomic mass is 10.1. The van der Waals surface area contributed by atoms with Crippen molar-refractivity contribution in [3.8, 4) is 62.5 Å². The number of nitrogens with zero attached hydrogens (tertiary/aromatic N) is 6. The van der Waals surface area contributed by atoms with Gasteiger partial charge in [-0.1, -0.05) is 133 Å². The van der Waals surface area contributed by atoms with E-state index in [9.17, 15) is 0 Å². The fraction of sp³-hybridized carbons (Fsp3) is 0. The Morgan fingerprint density at radius 2 is 1.02 bits per heavy atom. The molecule has 0 amide bonds. The van der Waals surface area contributed by atoms with E-state index < -0.39 is 0 Å². The van der Waals surface area contributed by atoms with Crippen LogP contribution in [0.2, 0.25) is 0 Å². The van der Waals surface area contributed by atoms with E-state index in [0.29, 0.717) is 28.9 Å². The second-order valence-electron chi connectivity index (χ2n) is 15.6. The maximum absolute atomic E-state index is 6.38. The molecule has 0 unspecified atom stereocenters. The van der Waals surface area contributed by atoms with Gasteiger partial charge in [0.15, 0.2) is 28.9 Å². The molecule has 63 heavy (non-hydrogen) atoms. The van der Waals surface area contributed by atoms with Crippen molar-refractivity contribution < 1.29 is 4.42 Å². The van der Waals surface area contributed by atoms with Crippen LogP contribution < -0.4 is 0 Å². The Hall–Kier alpha value is -8.33. The average Bonchev–Trinajstić information content (AvgIpc) is 4.03. The monoisotopic (exact) mass is 824 g/mol. The molecule has 0 spiro atoms. The molecule has 7 nitrogen and oxygen atoms in total. The number of para-hydroxylation sites is 3. The number of thiophene rings is 1. The molecule has 0 aliphatic rings. The van der Waals surface area contributed by atoms with Gasteiger partial charge in [-0.05, 0) is 60.7 Å². The predicted octanol–water partition coefficient (Wildman–Crippen LogP) is 14.4. The summed E-state index contributed by atoms with van der Waals surface area (Å²) in [6, 6.07) is 66.9. The van der Waals surface area contributed by atoms with E-state index in [1.54, 1.807) is 11.3 Å². The van der Waals surface area contributed by atoms with Gasteiger partial charge in [0.1, 0.15) is 16.8 Å². The molecule has 5 heterocycles. The SMILES string of the molecule is c1ccc(-c2nc(-c3ccc4c(c3)c3ccccc3n4-c3ccccc3)nc(-c3cccc4c3sc3cc(-c5nc(-c6ccccc6)c6oc7ccccc7c6n5)ccc34)n2)cc1. The molecule has 0 bridgehead atoms. The topological polar surface area (TPSA) is 82.5 Å². The Balaban J connectivity index is 0.974. The van der Waals surface area contributed by atoms with Gasteiger partial charge in [0.05, 0.1) is 11.0 Å². The van der Waals surface area contributed by atoms with E-state index >= 15 is 0 Å². The van der Waals surface area contributed by atoms with Crippen molar-refractivity contribution in [2.45, 2.75) is 0 Å². The number of fused-ring (bicyclic) bond motifs is 9. The fourth-order valence-corrected chi connectivity index (χ4v) is 10.2. The van der Waals surface area contributed by atoms with Crippen LogP contribution in [0.4, 0.5) is 0 Å². The summed E-state index contributed by atoms with van der Waals surface area (Å²) in [5, 5.41) is 5.56. The predicted molar refractivity (Wildman–Crippen MR) is 257 cm³/mol. The smallest absolute Gasteiger partial charge is 0.180 e. The molecule has 0 saturated carbocycles. The van der Waals surface area contributed by atoms with Crippen molar-refractivity contribution in [1.29, 1.82) is 0 Å². The van der Waals surface area contributed by atoms with Crippen LogP contribution in [0.5, 0.6) is 0 Å². The summed E-state index contributed by atoms with van der Waals surface area (Å²) in [7, 11) is 0. The van der Waals surface area contributed by atoms with Crippen LogP contribution in [0.3, 0.4) is 0 Å². The zero-order valence-electron chi connectivity index (χ0n) is 33.5. The zero-order valence-corrected chi connectivity index (χ0v) is 34.3. The zero-order chi connectivity index (χ0) is 41.4. The highest BCUT2D eigenvalue weighted by Gasteiger charge is 2.21. The van der Waals surface area contributed by atoms with Gasteiger partial charge in [-0.25, -0.2) is 24.9 Å². The van der Waals surface area contributed by atoms with E-state index in [1.807, 2.05) is 54.6 Å². The van der Waals surface area contributed by atoms with Gasteiger partial charge >= 0.3 is 0 Å². The molecule has 13 aromatic rings. The molecule has 0 fully saturated rings. The van der Waals surface area contributed by atoms with E-state index in [-0.39, 0.29) is 0 Å². The van der Waals surface area contributed by atoms with Gasteiger partial charge in [0.2, 0.25) is 0 Å². The average molecular weight is 825 g/mol. The summed E-state index contributed by atoms with van der Waals surface area (Å²) in [6.45, 7) is 0. The molecule has 0 saturated heterocycles. The van der Waals surface area contributed by atoms with Crippen molar-refractivity contribution in [2.75, 3.05) is 0 Å².